The van der Waals surface area contributed by atoms with Crippen LogP contribution in [-0.2, 0) is 6.61 Å². The van der Waals surface area contributed by atoms with Gasteiger partial charge in [-0.25, -0.2) is 0 Å². The zero-order chi connectivity index (χ0) is 13.7. The molecule has 0 aliphatic carbocycles. The monoisotopic (exact) mass is 274 g/mol. The molecule has 100 valence electrons. The van der Waals surface area contributed by atoms with Gasteiger partial charge < -0.3 is 4.74 Å². The molecular weight excluding hydrogens is 256 g/mol. The Balaban J connectivity index is 1.96. The molecule has 1 nitrogen and oxygen atoms in total. The van der Waals surface area contributed by atoms with Gasteiger partial charge in [-0.05, 0) is 47.7 Å². The minimum Gasteiger partial charge on any atom is -0.489 e. The van der Waals surface area contributed by atoms with Crippen LogP contribution < -0.4 is 4.74 Å². The summed E-state index contributed by atoms with van der Waals surface area (Å²) in [7, 11) is 0. The van der Waals surface area contributed by atoms with Crippen molar-refractivity contribution in [3.05, 3.63) is 64.7 Å². The highest BCUT2D eigenvalue weighted by molar-refractivity contribution is 6.30. The molecule has 2 aromatic rings. The number of benzene rings is 2. The molecule has 0 spiro atoms. The van der Waals surface area contributed by atoms with Crippen LogP contribution >= 0.6 is 11.6 Å². The molecule has 0 fully saturated rings. The summed E-state index contributed by atoms with van der Waals surface area (Å²) in [6.45, 7) is 4.99. The fourth-order valence-corrected chi connectivity index (χ4v) is 2.13. The first-order chi connectivity index (χ1) is 9.19. The molecule has 2 rings (SSSR count). The van der Waals surface area contributed by atoms with Crippen LogP contribution in [-0.4, -0.2) is 0 Å². The quantitative estimate of drug-likeness (QED) is 0.706. The fraction of sp³-hybridized carbons (Fsp3) is 0.294. The number of halogens is 1. The second-order valence-electron chi connectivity index (χ2n) is 4.80. The third-order valence-electron chi connectivity index (χ3n) is 3.36. The first-order valence-corrected chi connectivity index (χ1v) is 7.04. The van der Waals surface area contributed by atoms with Gasteiger partial charge in [0.25, 0.3) is 0 Å². The second kappa shape index (κ2) is 6.63. The fourth-order valence-electron chi connectivity index (χ4n) is 1.92. The van der Waals surface area contributed by atoms with Crippen molar-refractivity contribution in [2.45, 2.75) is 32.8 Å². The summed E-state index contributed by atoms with van der Waals surface area (Å²) < 4.78 is 5.76. The van der Waals surface area contributed by atoms with Gasteiger partial charge in [0.15, 0.2) is 0 Å². The predicted molar refractivity (Wildman–Crippen MR) is 80.9 cm³/mol. The maximum Gasteiger partial charge on any atom is 0.119 e. The number of hydrogen-bond acceptors (Lipinski definition) is 1. The molecule has 0 aromatic heterocycles. The van der Waals surface area contributed by atoms with E-state index in [2.05, 4.69) is 26.0 Å². The highest BCUT2D eigenvalue weighted by Gasteiger charge is 2.03. The second-order valence-corrected chi connectivity index (χ2v) is 5.23. The van der Waals surface area contributed by atoms with Gasteiger partial charge in [-0.1, -0.05) is 49.7 Å². The Bertz CT molecular complexity index is 519. The van der Waals surface area contributed by atoms with E-state index in [0.29, 0.717) is 12.5 Å². The van der Waals surface area contributed by atoms with E-state index >= 15 is 0 Å². The van der Waals surface area contributed by atoms with Crippen LogP contribution in [0.25, 0.3) is 0 Å². The van der Waals surface area contributed by atoms with Crippen LogP contribution in [0.2, 0.25) is 5.02 Å². The lowest BCUT2D eigenvalue weighted by Crippen LogP contribution is -1.96. The smallest absolute Gasteiger partial charge is 0.119 e. The van der Waals surface area contributed by atoms with E-state index in [1.54, 1.807) is 0 Å². The van der Waals surface area contributed by atoms with Gasteiger partial charge in [0.1, 0.15) is 12.4 Å². The summed E-state index contributed by atoms with van der Waals surface area (Å²) in [5.74, 6) is 1.49. The number of rotatable bonds is 5. The van der Waals surface area contributed by atoms with E-state index in [-0.39, 0.29) is 0 Å². The first-order valence-electron chi connectivity index (χ1n) is 6.66. The van der Waals surface area contributed by atoms with Crippen molar-refractivity contribution in [2.75, 3.05) is 0 Å². The molecular formula is C17H19ClO. The Morgan fingerprint density at radius 3 is 2.47 bits per heavy atom. The van der Waals surface area contributed by atoms with Crippen LogP contribution in [0.3, 0.4) is 0 Å². The Morgan fingerprint density at radius 2 is 1.84 bits per heavy atom. The van der Waals surface area contributed by atoms with Crippen molar-refractivity contribution in [3.63, 3.8) is 0 Å². The molecule has 0 heterocycles. The predicted octanol–water partition coefficient (Wildman–Crippen LogP) is 5.43. The molecule has 0 aliphatic rings. The lowest BCUT2D eigenvalue weighted by molar-refractivity contribution is 0.306. The van der Waals surface area contributed by atoms with Gasteiger partial charge in [0, 0.05) is 5.02 Å². The molecule has 0 aliphatic heterocycles. The molecule has 19 heavy (non-hydrogen) atoms. The SMILES string of the molecule is CCC(C)c1ccc(OCc2cccc(Cl)c2)cc1. The summed E-state index contributed by atoms with van der Waals surface area (Å²) in [4.78, 5) is 0. The largest absolute Gasteiger partial charge is 0.489 e. The Labute approximate surface area is 120 Å². The molecule has 1 unspecified atom stereocenters. The van der Waals surface area contributed by atoms with Gasteiger partial charge >= 0.3 is 0 Å². The van der Waals surface area contributed by atoms with Crippen LogP contribution in [0.1, 0.15) is 37.3 Å². The zero-order valence-corrected chi connectivity index (χ0v) is 12.2. The zero-order valence-electron chi connectivity index (χ0n) is 11.4. The minimum absolute atomic E-state index is 0.545. The maximum atomic E-state index is 5.94. The van der Waals surface area contributed by atoms with Gasteiger partial charge in [-0.15, -0.1) is 0 Å². The number of hydrogen-bond donors (Lipinski definition) is 0. The van der Waals surface area contributed by atoms with Crippen molar-refractivity contribution >= 4 is 11.6 Å². The van der Waals surface area contributed by atoms with Crippen molar-refractivity contribution in [3.8, 4) is 5.75 Å². The highest BCUT2D eigenvalue weighted by atomic mass is 35.5. The molecule has 0 amide bonds. The standard InChI is InChI=1S/C17H19ClO/c1-3-13(2)15-7-9-17(10-8-15)19-12-14-5-4-6-16(18)11-14/h4-11,13H,3,12H2,1-2H3. The molecule has 0 N–H and O–H groups in total. The summed E-state index contributed by atoms with van der Waals surface area (Å²) in [6, 6.07) is 16.1. The van der Waals surface area contributed by atoms with E-state index in [1.165, 1.54) is 5.56 Å². The van der Waals surface area contributed by atoms with Crippen LogP contribution in [0, 0.1) is 0 Å². The van der Waals surface area contributed by atoms with Gasteiger partial charge in [0.05, 0.1) is 0 Å². The van der Waals surface area contributed by atoms with Crippen molar-refractivity contribution in [1.82, 2.24) is 0 Å². The van der Waals surface area contributed by atoms with Crippen LogP contribution in [0.15, 0.2) is 48.5 Å². The summed E-state index contributed by atoms with van der Waals surface area (Å²) >= 11 is 5.94. The maximum absolute atomic E-state index is 5.94. The molecule has 2 heteroatoms. The minimum atomic E-state index is 0.545. The van der Waals surface area contributed by atoms with Crippen molar-refractivity contribution in [2.24, 2.45) is 0 Å². The van der Waals surface area contributed by atoms with E-state index < -0.39 is 0 Å². The Morgan fingerprint density at radius 1 is 1.11 bits per heavy atom. The van der Waals surface area contributed by atoms with Gasteiger partial charge in [-0.2, -0.15) is 0 Å². The molecule has 0 saturated carbocycles. The van der Waals surface area contributed by atoms with E-state index in [0.717, 1.165) is 22.8 Å². The third-order valence-corrected chi connectivity index (χ3v) is 3.59. The van der Waals surface area contributed by atoms with E-state index in [4.69, 9.17) is 16.3 Å². The average molecular weight is 275 g/mol. The molecule has 0 saturated heterocycles. The van der Waals surface area contributed by atoms with Crippen LogP contribution in [0.4, 0.5) is 0 Å². The first kappa shape index (κ1) is 14.0. The van der Waals surface area contributed by atoms with Crippen LogP contribution in [0.5, 0.6) is 5.75 Å². The Hall–Kier alpha value is -1.47. The third kappa shape index (κ3) is 4.00. The molecule has 2 aromatic carbocycles. The highest BCUT2D eigenvalue weighted by Crippen LogP contribution is 2.22. The Kier molecular flexibility index (Phi) is 4.86. The summed E-state index contributed by atoms with van der Waals surface area (Å²) in [6.07, 6.45) is 1.16. The van der Waals surface area contributed by atoms with E-state index in [1.807, 2.05) is 36.4 Å². The molecule has 1 atom stereocenters. The average Bonchev–Trinajstić information content (AvgIpc) is 2.45. The summed E-state index contributed by atoms with van der Waals surface area (Å²) in [5.41, 5.74) is 2.44. The van der Waals surface area contributed by atoms with Crippen molar-refractivity contribution < 1.29 is 4.74 Å². The lowest BCUT2D eigenvalue weighted by atomic mass is 9.99. The molecule has 0 radical (unpaired) electrons. The van der Waals surface area contributed by atoms with E-state index in [9.17, 15) is 0 Å². The van der Waals surface area contributed by atoms with Crippen molar-refractivity contribution in [1.29, 1.82) is 0 Å². The number of ether oxygens (including phenoxy) is 1. The summed E-state index contributed by atoms with van der Waals surface area (Å²) in [5, 5.41) is 0.744. The topological polar surface area (TPSA) is 9.23 Å². The lowest BCUT2D eigenvalue weighted by Gasteiger charge is -2.11. The van der Waals surface area contributed by atoms with Gasteiger partial charge in [-0.3, -0.25) is 0 Å². The normalized spacial score (nSPS) is 12.2. The molecule has 0 bridgehead atoms. The van der Waals surface area contributed by atoms with Gasteiger partial charge in [0.2, 0.25) is 0 Å².